The molecule has 0 saturated heterocycles. The number of primary amides is 1. The largest absolute Gasteiger partial charge is 0.488 e. The summed E-state index contributed by atoms with van der Waals surface area (Å²) in [6, 6.07) is 10.8. The van der Waals surface area contributed by atoms with Gasteiger partial charge in [-0.3, -0.25) is 4.79 Å². The topological polar surface area (TPSA) is 78.3 Å². The fraction of sp³-hybridized carbons (Fsp3) is 0.0714. The molecule has 0 aliphatic heterocycles. The van der Waals surface area contributed by atoms with E-state index >= 15 is 0 Å². The monoisotopic (exact) mass is 260 g/mol. The number of hydrogen-bond donors (Lipinski definition) is 2. The Morgan fingerprint density at radius 2 is 1.95 bits per heavy atom. The van der Waals surface area contributed by atoms with Crippen LogP contribution in [0.1, 0.15) is 15.9 Å². The first-order chi connectivity index (χ1) is 9.08. The number of amides is 1. The van der Waals surface area contributed by atoms with Crippen molar-refractivity contribution in [3.05, 3.63) is 59.4 Å². The molecule has 2 rings (SSSR count). The van der Waals surface area contributed by atoms with E-state index in [9.17, 15) is 9.18 Å². The number of nitrogens with two attached hydrogens (primary N) is 2. The van der Waals surface area contributed by atoms with Gasteiger partial charge in [0.05, 0.1) is 5.56 Å². The predicted octanol–water partition coefficient (Wildman–Crippen LogP) is 2.09. The Kier molecular flexibility index (Phi) is 3.66. The minimum Gasteiger partial charge on any atom is -0.488 e. The van der Waals surface area contributed by atoms with Gasteiger partial charge >= 0.3 is 0 Å². The zero-order valence-electron chi connectivity index (χ0n) is 10.1. The highest BCUT2D eigenvalue weighted by Gasteiger charge is 2.11. The second-order valence-electron chi connectivity index (χ2n) is 4.00. The second-order valence-corrected chi connectivity index (χ2v) is 4.00. The molecular weight excluding hydrogens is 247 g/mol. The average Bonchev–Trinajstić information content (AvgIpc) is 2.38. The predicted molar refractivity (Wildman–Crippen MR) is 70.1 cm³/mol. The van der Waals surface area contributed by atoms with Crippen LogP contribution in [0.5, 0.6) is 5.75 Å². The number of nitrogen functional groups attached to an aromatic ring is 1. The summed E-state index contributed by atoms with van der Waals surface area (Å²) >= 11 is 0. The maximum Gasteiger partial charge on any atom is 0.252 e. The van der Waals surface area contributed by atoms with Crippen molar-refractivity contribution >= 4 is 11.6 Å². The number of benzene rings is 2. The van der Waals surface area contributed by atoms with Crippen LogP contribution in [0, 0.1) is 5.82 Å². The third-order valence-electron chi connectivity index (χ3n) is 2.61. The number of hydrogen-bond acceptors (Lipinski definition) is 3. The van der Waals surface area contributed by atoms with Crippen LogP contribution in [0.3, 0.4) is 0 Å². The van der Waals surface area contributed by atoms with E-state index in [1.807, 2.05) is 0 Å². The highest BCUT2D eigenvalue weighted by atomic mass is 19.1. The minimum absolute atomic E-state index is 0.0108. The number of carbonyl (C=O) groups excluding carboxylic acids is 1. The molecule has 4 nitrogen and oxygen atoms in total. The first-order valence-corrected chi connectivity index (χ1v) is 5.63. The molecule has 0 aromatic heterocycles. The van der Waals surface area contributed by atoms with E-state index in [0.29, 0.717) is 11.3 Å². The summed E-state index contributed by atoms with van der Waals surface area (Å²) in [7, 11) is 0. The van der Waals surface area contributed by atoms with Crippen molar-refractivity contribution in [2.45, 2.75) is 6.61 Å². The molecule has 19 heavy (non-hydrogen) atoms. The van der Waals surface area contributed by atoms with E-state index in [1.54, 1.807) is 24.3 Å². The van der Waals surface area contributed by atoms with Crippen molar-refractivity contribution in [2.75, 3.05) is 5.73 Å². The van der Waals surface area contributed by atoms with Crippen LogP contribution in [-0.4, -0.2) is 5.91 Å². The SMILES string of the molecule is NC(=O)c1cc(N)ccc1OCc1ccccc1F. The molecule has 0 aliphatic rings. The summed E-state index contributed by atoms with van der Waals surface area (Å²) in [6.07, 6.45) is 0. The molecule has 0 bridgehead atoms. The van der Waals surface area contributed by atoms with Crippen molar-refractivity contribution in [1.29, 1.82) is 0 Å². The fourth-order valence-corrected chi connectivity index (χ4v) is 1.64. The normalized spacial score (nSPS) is 10.2. The van der Waals surface area contributed by atoms with Crippen molar-refractivity contribution in [3.8, 4) is 5.75 Å². The molecule has 0 aliphatic carbocycles. The van der Waals surface area contributed by atoms with Gasteiger partial charge in [-0.05, 0) is 24.3 Å². The highest BCUT2D eigenvalue weighted by molar-refractivity contribution is 5.96. The molecule has 0 spiro atoms. The van der Waals surface area contributed by atoms with Gasteiger partial charge < -0.3 is 16.2 Å². The Morgan fingerprint density at radius 3 is 2.63 bits per heavy atom. The van der Waals surface area contributed by atoms with E-state index in [0.717, 1.165) is 0 Å². The number of carbonyl (C=O) groups is 1. The second kappa shape index (κ2) is 5.39. The first kappa shape index (κ1) is 12.9. The summed E-state index contributed by atoms with van der Waals surface area (Å²) in [5.74, 6) is -0.723. The zero-order chi connectivity index (χ0) is 13.8. The van der Waals surface area contributed by atoms with Gasteiger partial charge in [-0.15, -0.1) is 0 Å². The quantitative estimate of drug-likeness (QED) is 0.826. The van der Waals surface area contributed by atoms with E-state index in [-0.39, 0.29) is 23.7 Å². The van der Waals surface area contributed by atoms with Crippen LogP contribution in [0.15, 0.2) is 42.5 Å². The summed E-state index contributed by atoms with van der Waals surface area (Å²) in [5, 5.41) is 0. The van der Waals surface area contributed by atoms with Gasteiger partial charge in [0.25, 0.3) is 5.91 Å². The van der Waals surface area contributed by atoms with E-state index in [4.69, 9.17) is 16.2 Å². The Hall–Kier alpha value is -2.56. The van der Waals surface area contributed by atoms with Crippen LogP contribution in [0.25, 0.3) is 0 Å². The summed E-state index contributed by atoms with van der Waals surface area (Å²) < 4.78 is 18.8. The Bertz CT molecular complexity index is 614. The molecule has 0 heterocycles. The molecule has 4 N–H and O–H groups in total. The number of rotatable bonds is 4. The lowest BCUT2D eigenvalue weighted by atomic mass is 10.1. The van der Waals surface area contributed by atoms with Gasteiger partial charge in [-0.25, -0.2) is 4.39 Å². The smallest absolute Gasteiger partial charge is 0.252 e. The molecular formula is C14H13FN2O2. The lowest BCUT2D eigenvalue weighted by Gasteiger charge is -2.10. The lowest BCUT2D eigenvalue weighted by molar-refractivity contribution is 0.0996. The first-order valence-electron chi connectivity index (χ1n) is 5.63. The molecule has 0 atom stereocenters. The third kappa shape index (κ3) is 3.01. The summed E-state index contributed by atoms with van der Waals surface area (Å²) in [6.45, 7) is 0.0108. The molecule has 0 unspecified atom stereocenters. The number of halogens is 1. The van der Waals surface area contributed by atoms with Gasteiger partial charge in [-0.1, -0.05) is 18.2 Å². The average molecular weight is 260 g/mol. The lowest BCUT2D eigenvalue weighted by Crippen LogP contribution is -2.13. The summed E-state index contributed by atoms with van der Waals surface area (Å²) in [5.41, 5.74) is 11.8. The molecule has 1 amide bonds. The molecule has 0 radical (unpaired) electrons. The van der Waals surface area contributed by atoms with E-state index in [1.165, 1.54) is 18.2 Å². The number of anilines is 1. The number of ether oxygens (including phenoxy) is 1. The molecule has 5 heteroatoms. The molecule has 0 saturated carbocycles. The Morgan fingerprint density at radius 1 is 1.21 bits per heavy atom. The van der Waals surface area contributed by atoms with Crippen molar-refractivity contribution < 1.29 is 13.9 Å². The van der Waals surface area contributed by atoms with Crippen LogP contribution in [0.2, 0.25) is 0 Å². The van der Waals surface area contributed by atoms with Gasteiger partial charge in [0.2, 0.25) is 0 Å². The maximum absolute atomic E-state index is 13.4. The van der Waals surface area contributed by atoms with Gasteiger partial charge in [-0.2, -0.15) is 0 Å². The van der Waals surface area contributed by atoms with Crippen LogP contribution >= 0.6 is 0 Å². The van der Waals surface area contributed by atoms with Crippen LogP contribution in [0.4, 0.5) is 10.1 Å². The molecule has 98 valence electrons. The summed E-state index contributed by atoms with van der Waals surface area (Å²) in [4.78, 5) is 11.3. The zero-order valence-corrected chi connectivity index (χ0v) is 10.1. The van der Waals surface area contributed by atoms with Gasteiger partial charge in [0.1, 0.15) is 18.2 Å². The van der Waals surface area contributed by atoms with Crippen LogP contribution in [-0.2, 0) is 6.61 Å². The minimum atomic E-state index is -0.643. The van der Waals surface area contributed by atoms with Crippen molar-refractivity contribution in [1.82, 2.24) is 0 Å². The molecule has 2 aromatic rings. The van der Waals surface area contributed by atoms with Crippen molar-refractivity contribution in [3.63, 3.8) is 0 Å². The Labute approximate surface area is 109 Å². The van der Waals surface area contributed by atoms with Crippen molar-refractivity contribution in [2.24, 2.45) is 5.73 Å². The highest BCUT2D eigenvalue weighted by Crippen LogP contribution is 2.22. The van der Waals surface area contributed by atoms with E-state index < -0.39 is 5.91 Å². The standard InChI is InChI=1S/C14H13FN2O2/c15-12-4-2-1-3-9(12)8-19-13-6-5-10(16)7-11(13)14(17)18/h1-7H,8,16H2,(H2,17,18). The van der Waals surface area contributed by atoms with Gasteiger partial charge in [0, 0.05) is 11.3 Å². The molecule has 2 aromatic carbocycles. The maximum atomic E-state index is 13.4. The fourth-order valence-electron chi connectivity index (χ4n) is 1.64. The molecule has 0 fully saturated rings. The van der Waals surface area contributed by atoms with Crippen LogP contribution < -0.4 is 16.2 Å². The van der Waals surface area contributed by atoms with Gasteiger partial charge in [0.15, 0.2) is 0 Å². The third-order valence-corrected chi connectivity index (χ3v) is 2.61. The Balaban J connectivity index is 2.20. The van der Waals surface area contributed by atoms with E-state index in [2.05, 4.69) is 0 Å².